The second kappa shape index (κ2) is 5.82. The lowest BCUT2D eigenvalue weighted by Gasteiger charge is -2.20. The van der Waals surface area contributed by atoms with E-state index in [-0.39, 0.29) is 17.5 Å². The van der Waals surface area contributed by atoms with Gasteiger partial charge in [-0.15, -0.1) is 10.2 Å². The number of carbonyl (C=O) groups excluding carboxylic acids is 1. The number of para-hydroxylation sites is 1. The number of phenols is 1. The summed E-state index contributed by atoms with van der Waals surface area (Å²) in [5.74, 6) is -0.371. The molecule has 5 rings (SSSR count). The molecule has 1 aliphatic rings. The predicted octanol–water partition coefficient (Wildman–Crippen LogP) is 3.25. The third-order valence-electron chi connectivity index (χ3n) is 5.22. The lowest BCUT2D eigenvalue weighted by Crippen LogP contribution is -2.15. The maximum Gasteiger partial charge on any atom is 0.269 e. The number of nitrogens with one attached hydrogen (secondary N) is 2. The van der Waals surface area contributed by atoms with Crippen molar-refractivity contribution in [1.29, 1.82) is 0 Å². The van der Waals surface area contributed by atoms with Gasteiger partial charge in [-0.1, -0.05) is 24.3 Å². The molecular formula is C21H17N5O2. The molecule has 7 heteroatoms. The fraction of sp³-hybridized carbons (Fsp3) is 0.0952. The van der Waals surface area contributed by atoms with E-state index in [0.29, 0.717) is 11.2 Å². The Bertz CT molecular complexity index is 1260. The number of nitrogens with two attached hydrogens (primary N) is 1. The number of rotatable bonds is 2. The molecule has 0 radical (unpaired) electrons. The van der Waals surface area contributed by atoms with Crippen LogP contribution in [0.5, 0.6) is 5.75 Å². The molecule has 4 aromatic rings. The molecule has 1 unspecified atom stereocenters. The molecule has 1 amide bonds. The van der Waals surface area contributed by atoms with Gasteiger partial charge in [-0.3, -0.25) is 4.79 Å². The minimum Gasteiger partial charge on any atom is -0.508 e. The van der Waals surface area contributed by atoms with E-state index in [4.69, 9.17) is 5.73 Å². The molecule has 1 atom stereocenters. The third kappa shape index (κ3) is 2.26. The highest BCUT2D eigenvalue weighted by Crippen LogP contribution is 2.44. The van der Waals surface area contributed by atoms with Crippen LogP contribution >= 0.6 is 0 Å². The first-order chi connectivity index (χ1) is 13.5. The van der Waals surface area contributed by atoms with Gasteiger partial charge in [0.2, 0.25) is 0 Å². The molecule has 2 aromatic heterocycles. The average Bonchev–Trinajstić information content (AvgIpc) is 3.05. The number of hydrogen-bond donors (Lipinski definition) is 4. The minimum absolute atomic E-state index is 0.144. The molecule has 0 spiro atoms. The SMILES string of the molecule is Cc1cc(C2Nc3ccccc3-c3c(C(N)=O)nnc4[nH]cc2c34)ccc1O. The van der Waals surface area contributed by atoms with Crippen LogP contribution in [0, 0.1) is 6.92 Å². The van der Waals surface area contributed by atoms with Gasteiger partial charge in [-0.2, -0.15) is 0 Å². The van der Waals surface area contributed by atoms with Gasteiger partial charge < -0.3 is 21.1 Å². The largest absolute Gasteiger partial charge is 0.508 e. The number of hydrogen-bond acceptors (Lipinski definition) is 5. The zero-order valence-corrected chi connectivity index (χ0v) is 15.0. The molecule has 1 aliphatic heterocycles. The highest BCUT2D eigenvalue weighted by atomic mass is 16.3. The molecule has 138 valence electrons. The molecule has 0 saturated carbocycles. The topological polar surface area (TPSA) is 117 Å². The zero-order chi connectivity index (χ0) is 19.4. The number of nitrogens with zero attached hydrogens (tertiary/aromatic N) is 2. The predicted molar refractivity (Wildman–Crippen MR) is 106 cm³/mol. The van der Waals surface area contributed by atoms with Gasteiger partial charge in [0.15, 0.2) is 11.3 Å². The van der Waals surface area contributed by atoms with E-state index in [9.17, 15) is 9.90 Å². The number of anilines is 1. The molecule has 28 heavy (non-hydrogen) atoms. The van der Waals surface area contributed by atoms with Crippen LogP contribution in [0.2, 0.25) is 0 Å². The van der Waals surface area contributed by atoms with Gasteiger partial charge in [-0.25, -0.2) is 0 Å². The Hall–Kier alpha value is -3.87. The van der Waals surface area contributed by atoms with Crippen LogP contribution in [0.4, 0.5) is 5.69 Å². The highest BCUT2D eigenvalue weighted by molar-refractivity contribution is 6.10. The second-order valence-electron chi connectivity index (χ2n) is 6.92. The quantitative estimate of drug-likeness (QED) is 0.431. The number of aromatic nitrogens is 3. The molecule has 0 aliphatic carbocycles. The number of aromatic amines is 1. The van der Waals surface area contributed by atoms with Crippen molar-refractivity contribution in [2.75, 3.05) is 5.32 Å². The lowest BCUT2D eigenvalue weighted by atomic mass is 9.95. The summed E-state index contributed by atoms with van der Waals surface area (Å²) in [5, 5.41) is 22.6. The third-order valence-corrected chi connectivity index (χ3v) is 5.22. The number of benzene rings is 2. The van der Waals surface area contributed by atoms with Gasteiger partial charge in [0.05, 0.1) is 6.04 Å². The summed E-state index contributed by atoms with van der Waals surface area (Å²) < 4.78 is 0. The van der Waals surface area contributed by atoms with Crippen molar-refractivity contribution in [3.63, 3.8) is 0 Å². The van der Waals surface area contributed by atoms with E-state index < -0.39 is 5.91 Å². The normalized spacial score (nSPS) is 15.0. The van der Waals surface area contributed by atoms with Gasteiger partial charge >= 0.3 is 0 Å². The molecule has 0 bridgehead atoms. The van der Waals surface area contributed by atoms with Crippen molar-refractivity contribution in [3.05, 3.63) is 71.0 Å². The fourth-order valence-electron chi connectivity index (χ4n) is 3.88. The number of primary amides is 1. The van der Waals surface area contributed by atoms with E-state index in [1.165, 1.54) is 0 Å². The first-order valence-electron chi connectivity index (χ1n) is 8.87. The Balaban J connectivity index is 1.88. The van der Waals surface area contributed by atoms with E-state index in [0.717, 1.165) is 33.3 Å². The maximum atomic E-state index is 12.1. The molecule has 5 N–H and O–H groups in total. The van der Waals surface area contributed by atoms with Gasteiger partial charge in [0, 0.05) is 34.0 Å². The van der Waals surface area contributed by atoms with E-state index >= 15 is 0 Å². The number of fused-ring (bicyclic) bond motifs is 2. The van der Waals surface area contributed by atoms with Crippen LogP contribution in [-0.4, -0.2) is 26.2 Å². The van der Waals surface area contributed by atoms with Crippen LogP contribution in [0.25, 0.3) is 22.2 Å². The van der Waals surface area contributed by atoms with Crippen LogP contribution in [0.15, 0.2) is 48.7 Å². The number of amides is 1. The summed E-state index contributed by atoms with van der Waals surface area (Å²) in [4.78, 5) is 15.3. The monoisotopic (exact) mass is 371 g/mol. The zero-order valence-electron chi connectivity index (χ0n) is 15.0. The van der Waals surface area contributed by atoms with E-state index in [2.05, 4.69) is 20.5 Å². The Morgan fingerprint density at radius 3 is 2.79 bits per heavy atom. The Morgan fingerprint density at radius 2 is 2.00 bits per heavy atom. The van der Waals surface area contributed by atoms with Crippen molar-refractivity contribution in [2.45, 2.75) is 13.0 Å². The van der Waals surface area contributed by atoms with Crippen molar-refractivity contribution in [3.8, 4) is 16.9 Å². The summed E-state index contributed by atoms with van der Waals surface area (Å²) in [6, 6.07) is 13.1. The molecule has 0 fully saturated rings. The van der Waals surface area contributed by atoms with Crippen molar-refractivity contribution >= 4 is 22.6 Å². The number of carbonyl (C=O) groups is 1. The second-order valence-corrected chi connectivity index (χ2v) is 6.92. The number of H-pyrrole nitrogens is 1. The Morgan fingerprint density at radius 1 is 1.18 bits per heavy atom. The Labute approximate surface area is 160 Å². The van der Waals surface area contributed by atoms with Crippen LogP contribution in [-0.2, 0) is 0 Å². The Kier molecular flexibility index (Phi) is 3.39. The molecule has 3 heterocycles. The maximum absolute atomic E-state index is 12.1. The summed E-state index contributed by atoms with van der Waals surface area (Å²) in [6.07, 6.45) is 1.87. The molecule has 7 nitrogen and oxygen atoms in total. The molecule has 0 saturated heterocycles. The lowest BCUT2D eigenvalue weighted by molar-refractivity contribution is 0.0995. The smallest absolute Gasteiger partial charge is 0.269 e. The van der Waals surface area contributed by atoms with Crippen molar-refractivity contribution in [1.82, 2.24) is 15.2 Å². The number of phenolic OH excluding ortho intramolecular Hbond substituents is 1. The summed E-state index contributed by atoms with van der Waals surface area (Å²) in [7, 11) is 0. The van der Waals surface area contributed by atoms with Gasteiger partial charge in [0.25, 0.3) is 5.91 Å². The summed E-state index contributed by atoms with van der Waals surface area (Å²) in [5.41, 5.74) is 11.4. The van der Waals surface area contributed by atoms with Crippen LogP contribution in [0.3, 0.4) is 0 Å². The van der Waals surface area contributed by atoms with Crippen LogP contribution in [0.1, 0.15) is 33.2 Å². The van der Waals surface area contributed by atoms with E-state index in [1.54, 1.807) is 6.07 Å². The van der Waals surface area contributed by atoms with Gasteiger partial charge in [0.1, 0.15) is 5.75 Å². The van der Waals surface area contributed by atoms with Gasteiger partial charge in [-0.05, 0) is 36.2 Å². The summed E-state index contributed by atoms with van der Waals surface area (Å²) >= 11 is 0. The number of aromatic hydroxyl groups is 1. The fourth-order valence-corrected chi connectivity index (χ4v) is 3.88. The summed E-state index contributed by atoms with van der Waals surface area (Å²) in [6.45, 7) is 1.86. The first-order valence-corrected chi connectivity index (χ1v) is 8.87. The van der Waals surface area contributed by atoms with Crippen molar-refractivity contribution < 1.29 is 9.90 Å². The average molecular weight is 371 g/mol. The van der Waals surface area contributed by atoms with Crippen molar-refractivity contribution in [2.24, 2.45) is 5.73 Å². The standard InChI is InChI=1S/C21H17N5O2/c1-10-8-11(6-7-15(10)27)18-13-9-23-21-17(13)16(19(20(22)28)25-26-21)12-4-2-3-5-14(12)24-18/h2-9,18,24,27H,1H3,(H2,22,28)(H,23,26). The molecule has 2 aromatic carbocycles. The minimum atomic E-state index is -0.620. The molecular weight excluding hydrogens is 354 g/mol. The first kappa shape index (κ1) is 16.3. The number of aryl methyl sites for hydroxylation is 1. The highest BCUT2D eigenvalue weighted by Gasteiger charge is 2.29. The van der Waals surface area contributed by atoms with E-state index in [1.807, 2.05) is 49.5 Å². The van der Waals surface area contributed by atoms with Crippen LogP contribution < -0.4 is 11.1 Å².